The van der Waals surface area contributed by atoms with Crippen molar-refractivity contribution in [3.63, 3.8) is 0 Å². The number of aryl methyl sites for hydroxylation is 1. The van der Waals surface area contributed by atoms with E-state index < -0.39 is 0 Å². The summed E-state index contributed by atoms with van der Waals surface area (Å²) in [4.78, 5) is 6.56. The van der Waals surface area contributed by atoms with Gasteiger partial charge in [0, 0.05) is 18.3 Å². The van der Waals surface area contributed by atoms with E-state index in [2.05, 4.69) is 22.1 Å². The fraction of sp³-hybridized carbons (Fsp3) is 0.538. The maximum absolute atomic E-state index is 8.75. The van der Waals surface area contributed by atoms with Gasteiger partial charge in [0.25, 0.3) is 0 Å². The molecule has 1 fully saturated rings. The molecule has 1 heterocycles. The van der Waals surface area contributed by atoms with Crippen LogP contribution in [0, 0.1) is 6.92 Å². The molecule has 1 aromatic heterocycles. The lowest BCUT2D eigenvalue weighted by Gasteiger charge is -2.16. The quantitative estimate of drug-likeness (QED) is 0.346. The SMILES string of the molecule is Cc1ccc(/C(N)=N/O)c(OCCN(C)C2CC2)n1. The molecule has 0 aliphatic heterocycles. The Bertz CT molecular complexity index is 472. The standard InChI is InChI=1S/C13H20N4O2/c1-9-3-6-11(12(14)16-18)13(15-9)19-8-7-17(2)10-4-5-10/h3,6,10,18H,4-5,7-8H2,1-2H3,(H2,14,16). The Kier molecular flexibility index (Phi) is 4.21. The normalized spacial score (nSPS) is 15.8. The van der Waals surface area contributed by atoms with Crippen LogP contribution >= 0.6 is 0 Å². The third kappa shape index (κ3) is 3.57. The number of oxime groups is 1. The van der Waals surface area contributed by atoms with Gasteiger partial charge in [0.05, 0.1) is 5.56 Å². The molecule has 0 amide bonds. The van der Waals surface area contributed by atoms with Crippen LogP contribution in [-0.4, -0.2) is 47.2 Å². The summed E-state index contributed by atoms with van der Waals surface area (Å²) >= 11 is 0. The molecule has 0 atom stereocenters. The third-order valence-electron chi connectivity index (χ3n) is 3.24. The van der Waals surface area contributed by atoms with Gasteiger partial charge in [-0.1, -0.05) is 5.16 Å². The van der Waals surface area contributed by atoms with Crippen LogP contribution in [0.3, 0.4) is 0 Å². The van der Waals surface area contributed by atoms with Gasteiger partial charge >= 0.3 is 0 Å². The van der Waals surface area contributed by atoms with E-state index >= 15 is 0 Å². The van der Waals surface area contributed by atoms with Crippen molar-refractivity contribution in [2.75, 3.05) is 20.2 Å². The number of likely N-dealkylation sites (N-methyl/N-ethyl adjacent to an activating group) is 1. The minimum Gasteiger partial charge on any atom is -0.476 e. The molecule has 0 saturated heterocycles. The highest BCUT2D eigenvalue weighted by molar-refractivity contribution is 5.99. The number of ether oxygens (including phenoxy) is 1. The van der Waals surface area contributed by atoms with Crippen LogP contribution < -0.4 is 10.5 Å². The molecule has 104 valence electrons. The molecule has 0 spiro atoms. The number of rotatable bonds is 6. The molecular formula is C13H20N4O2. The molecule has 0 radical (unpaired) electrons. The molecule has 6 nitrogen and oxygen atoms in total. The molecular weight excluding hydrogens is 244 g/mol. The topological polar surface area (TPSA) is 84.0 Å². The van der Waals surface area contributed by atoms with Crippen LogP contribution in [0.15, 0.2) is 17.3 Å². The molecule has 6 heteroatoms. The van der Waals surface area contributed by atoms with Crippen LogP contribution in [0.5, 0.6) is 5.88 Å². The van der Waals surface area contributed by atoms with Gasteiger partial charge in [-0.2, -0.15) is 0 Å². The molecule has 1 aromatic rings. The van der Waals surface area contributed by atoms with E-state index in [1.165, 1.54) is 12.8 Å². The van der Waals surface area contributed by atoms with E-state index in [0.29, 0.717) is 24.1 Å². The number of aromatic nitrogens is 1. The van der Waals surface area contributed by atoms with Gasteiger partial charge in [0.1, 0.15) is 6.61 Å². The summed E-state index contributed by atoms with van der Waals surface area (Å²) in [6.07, 6.45) is 2.54. The van der Waals surface area contributed by atoms with Crippen molar-refractivity contribution in [3.05, 3.63) is 23.4 Å². The smallest absolute Gasteiger partial charge is 0.224 e. The van der Waals surface area contributed by atoms with Crippen LogP contribution in [0.25, 0.3) is 0 Å². The van der Waals surface area contributed by atoms with Gasteiger partial charge in [-0.15, -0.1) is 0 Å². The first-order chi connectivity index (χ1) is 9.11. The summed E-state index contributed by atoms with van der Waals surface area (Å²) in [5.74, 6) is 0.428. The summed E-state index contributed by atoms with van der Waals surface area (Å²) in [7, 11) is 2.09. The molecule has 0 aromatic carbocycles. The number of nitrogens with zero attached hydrogens (tertiary/aromatic N) is 3. The zero-order valence-electron chi connectivity index (χ0n) is 11.3. The average molecular weight is 264 g/mol. The van der Waals surface area contributed by atoms with Gasteiger partial charge in [-0.05, 0) is 38.9 Å². The van der Waals surface area contributed by atoms with E-state index in [9.17, 15) is 0 Å². The molecule has 2 rings (SSSR count). The van der Waals surface area contributed by atoms with Crippen molar-refractivity contribution in [1.82, 2.24) is 9.88 Å². The summed E-state index contributed by atoms with van der Waals surface area (Å²) in [5, 5.41) is 11.7. The maximum atomic E-state index is 8.75. The Morgan fingerprint density at radius 3 is 2.95 bits per heavy atom. The summed E-state index contributed by atoms with van der Waals surface area (Å²) in [6, 6.07) is 4.26. The van der Waals surface area contributed by atoms with E-state index in [0.717, 1.165) is 12.2 Å². The second-order valence-electron chi connectivity index (χ2n) is 4.85. The highest BCUT2D eigenvalue weighted by atomic mass is 16.5. The lowest BCUT2D eigenvalue weighted by Crippen LogP contribution is -2.27. The molecule has 1 aliphatic rings. The first-order valence-corrected chi connectivity index (χ1v) is 6.40. The van der Waals surface area contributed by atoms with Crippen LogP contribution in [-0.2, 0) is 0 Å². The summed E-state index contributed by atoms with van der Waals surface area (Å²) in [5.41, 5.74) is 6.95. The van der Waals surface area contributed by atoms with Gasteiger partial charge in [0.15, 0.2) is 5.84 Å². The Labute approximate surface area is 112 Å². The Hall–Kier alpha value is -1.82. The van der Waals surface area contributed by atoms with Gasteiger partial charge < -0.3 is 20.6 Å². The van der Waals surface area contributed by atoms with E-state index in [1.807, 2.05) is 6.92 Å². The maximum Gasteiger partial charge on any atom is 0.224 e. The number of nitrogens with two attached hydrogens (primary N) is 1. The first-order valence-electron chi connectivity index (χ1n) is 6.40. The second-order valence-corrected chi connectivity index (χ2v) is 4.85. The predicted octanol–water partition coefficient (Wildman–Crippen LogP) is 0.958. The predicted molar refractivity (Wildman–Crippen MR) is 72.6 cm³/mol. The highest BCUT2D eigenvalue weighted by Gasteiger charge is 2.25. The number of pyridine rings is 1. The monoisotopic (exact) mass is 264 g/mol. The Morgan fingerprint density at radius 2 is 2.32 bits per heavy atom. The lowest BCUT2D eigenvalue weighted by molar-refractivity contribution is 0.226. The number of hydrogen-bond donors (Lipinski definition) is 2. The average Bonchev–Trinajstić information content (AvgIpc) is 3.22. The van der Waals surface area contributed by atoms with Crippen molar-refractivity contribution in [1.29, 1.82) is 0 Å². The number of hydrogen-bond acceptors (Lipinski definition) is 5. The summed E-state index contributed by atoms with van der Waals surface area (Å²) in [6.45, 7) is 3.25. The van der Waals surface area contributed by atoms with Crippen molar-refractivity contribution in [2.24, 2.45) is 10.9 Å². The molecule has 0 bridgehead atoms. The van der Waals surface area contributed by atoms with Crippen molar-refractivity contribution >= 4 is 5.84 Å². The second kappa shape index (κ2) is 5.88. The highest BCUT2D eigenvalue weighted by Crippen LogP contribution is 2.25. The van der Waals surface area contributed by atoms with Crippen molar-refractivity contribution in [3.8, 4) is 5.88 Å². The molecule has 19 heavy (non-hydrogen) atoms. The zero-order chi connectivity index (χ0) is 13.8. The van der Waals surface area contributed by atoms with E-state index in [1.54, 1.807) is 12.1 Å². The van der Waals surface area contributed by atoms with Crippen molar-refractivity contribution in [2.45, 2.75) is 25.8 Å². The fourth-order valence-electron chi connectivity index (χ4n) is 1.88. The zero-order valence-corrected chi connectivity index (χ0v) is 11.3. The Balaban J connectivity index is 1.99. The van der Waals surface area contributed by atoms with E-state index in [-0.39, 0.29) is 5.84 Å². The first kappa shape index (κ1) is 13.6. The lowest BCUT2D eigenvalue weighted by atomic mass is 10.2. The van der Waals surface area contributed by atoms with Gasteiger partial charge in [-0.25, -0.2) is 4.98 Å². The number of amidine groups is 1. The van der Waals surface area contributed by atoms with Crippen molar-refractivity contribution < 1.29 is 9.94 Å². The van der Waals surface area contributed by atoms with Crippen LogP contribution in [0.4, 0.5) is 0 Å². The van der Waals surface area contributed by atoms with Gasteiger partial charge in [-0.3, -0.25) is 0 Å². The van der Waals surface area contributed by atoms with E-state index in [4.69, 9.17) is 15.7 Å². The summed E-state index contributed by atoms with van der Waals surface area (Å²) < 4.78 is 5.66. The molecule has 1 saturated carbocycles. The molecule has 1 aliphatic carbocycles. The fourth-order valence-corrected chi connectivity index (χ4v) is 1.88. The Morgan fingerprint density at radius 1 is 1.58 bits per heavy atom. The van der Waals surface area contributed by atoms with Crippen LogP contribution in [0.2, 0.25) is 0 Å². The molecule has 3 N–H and O–H groups in total. The minimum absolute atomic E-state index is 0.0121. The van der Waals surface area contributed by atoms with Crippen LogP contribution in [0.1, 0.15) is 24.1 Å². The molecule has 0 unspecified atom stereocenters. The van der Waals surface area contributed by atoms with Gasteiger partial charge in [0.2, 0.25) is 5.88 Å². The minimum atomic E-state index is 0.0121. The third-order valence-corrected chi connectivity index (χ3v) is 3.24. The largest absolute Gasteiger partial charge is 0.476 e.